The molecule has 9 heteroatoms. The van der Waals surface area contributed by atoms with Crippen LogP contribution in [0.4, 0.5) is 0 Å². The van der Waals surface area contributed by atoms with E-state index in [1.807, 2.05) is 0 Å². The van der Waals surface area contributed by atoms with Gasteiger partial charge in [-0.05, 0) is 0 Å². The van der Waals surface area contributed by atoms with Crippen molar-refractivity contribution < 1.29 is 30.6 Å². The van der Waals surface area contributed by atoms with Gasteiger partial charge < -0.3 is 42.6 Å². The molecule has 6 nitrogen and oxygen atoms in total. The maximum absolute atomic E-state index is 9.08. The van der Waals surface area contributed by atoms with Crippen molar-refractivity contribution in [2.45, 2.75) is 11.9 Å². The van der Waals surface area contributed by atoms with Crippen molar-refractivity contribution in [1.29, 1.82) is 0 Å². The van der Waals surface area contributed by atoms with E-state index < -0.39 is 11.9 Å². The van der Waals surface area contributed by atoms with Gasteiger partial charge in [-0.1, -0.05) is 0 Å². The molecule has 0 N–H and O–H groups in total. The van der Waals surface area contributed by atoms with Crippen molar-refractivity contribution in [3.63, 3.8) is 0 Å². The number of hydrogen-bond acceptors (Lipinski definition) is 6. The smallest absolute Gasteiger partial charge is 0.879 e. The Bertz CT molecular complexity index is 70.8. The normalized spacial score (nSPS) is 10.4. The summed E-state index contributed by atoms with van der Waals surface area (Å²) in [5, 5.41) is 54.5. The Morgan fingerprint density at radius 3 is 0.545 bits per heavy atom. The largest absolute Gasteiger partial charge is 2.00 e. The summed E-state index contributed by atoms with van der Waals surface area (Å²) < 4.78 is 0. The molecule has 0 fully saturated rings. The summed E-state index contributed by atoms with van der Waals surface area (Å²) in [5.41, 5.74) is 0. The van der Waals surface area contributed by atoms with Crippen molar-refractivity contribution in [2.75, 3.05) is 0 Å². The molecule has 0 aliphatic rings. The third kappa shape index (κ3) is 12.4. The van der Waals surface area contributed by atoms with Crippen LogP contribution in [0, 0.1) is 0 Å². The Morgan fingerprint density at radius 2 is 0.545 bits per heavy atom. The molecule has 0 bridgehead atoms. The number of rotatable bonds is 1. The fourth-order valence-electron chi connectivity index (χ4n) is 0. The van der Waals surface area contributed by atoms with E-state index >= 15 is 0 Å². The van der Waals surface area contributed by atoms with Crippen LogP contribution in [0.25, 0.3) is 0 Å². The molecule has 0 aliphatic heterocycles. The minimum absolute atomic E-state index is 0. The molecule has 0 saturated carbocycles. The van der Waals surface area contributed by atoms with Crippen molar-refractivity contribution in [3.05, 3.63) is 0 Å². The predicted molar refractivity (Wildman–Crippen MR) is 22.7 cm³/mol. The van der Waals surface area contributed by atoms with Gasteiger partial charge >= 0.3 is 147 Å². The molecule has 0 aromatic rings. The van der Waals surface area contributed by atoms with Crippen LogP contribution in [0.3, 0.4) is 0 Å². The molecule has 0 amide bonds. The van der Waals surface area contributed by atoms with Crippen molar-refractivity contribution in [2.24, 2.45) is 0 Å². The van der Waals surface area contributed by atoms with Gasteiger partial charge in [0.25, 0.3) is 0 Å². The molecule has 11 heavy (non-hydrogen) atoms. The second kappa shape index (κ2) is 9.68. The second-order valence-electron chi connectivity index (χ2n) is 1.11. The molecule has 0 radical (unpaired) electrons. The molecule has 0 spiro atoms. The van der Waals surface area contributed by atoms with Crippen LogP contribution in [0.1, 0.15) is 0 Å². The molecule has 0 aromatic carbocycles. The zero-order valence-corrected chi connectivity index (χ0v) is 18.9. The van der Waals surface area contributed by atoms with E-state index in [1.165, 1.54) is 0 Å². The first-order valence-electron chi connectivity index (χ1n) is 1.47. The van der Waals surface area contributed by atoms with Crippen LogP contribution < -0.4 is 30.6 Å². The van der Waals surface area contributed by atoms with Gasteiger partial charge in [0.1, 0.15) is 0 Å². The van der Waals surface area contributed by atoms with Crippen LogP contribution in [0.15, 0.2) is 0 Å². The van der Waals surface area contributed by atoms with Gasteiger partial charge in [0, 0.05) is 0 Å². The van der Waals surface area contributed by atoms with Crippen LogP contribution in [-0.2, 0) is 0 Å². The zero-order chi connectivity index (χ0) is 7.00. The fraction of sp³-hybridized carbons (Fsp3) is 1.00. The van der Waals surface area contributed by atoms with Crippen molar-refractivity contribution in [3.8, 4) is 0 Å². The summed E-state index contributed by atoms with van der Waals surface area (Å²) in [7, 11) is 0. The quantitative estimate of drug-likeness (QED) is 0.243. The molecule has 0 heterocycles. The van der Waals surface area contributed by atoms with Gasteiger partial charge in [-0.3, -0.25) is 0 Å². The van der Waals surface area contributed by atoms with Gasteiger partial charge in [0.15, 0.2) is 0 Å². The zero-order valence-electron chi connectivity index (χ0n) is 5.57. The monoisotopic (exact) mass is 534 g/mol. The van der Waals surface area contributed by atoms with E-state index in [9.17, 15) is 0 Å². The Balaban J connectivity index is -0.0000000817. The molecule has 50 valence electrons. The second-order valence-corrected chi connectivity index (χ2v) is 1.11. The predicted octanol–water partition coefficient (Wildman–Crippen LogP) is -8.69. The minimum atomic E-state index is -4.98. The summed E-state index contributed by atoms with van der Waals surface area (Å²) in [6, 6.07) is 0. The molecule has 0 aliphatic carbocycles. The molecule has 0 rings (SSSR count). The van der Waals surface area contributed by atoms with Crippen molar-refractivity contribution in [1.82, 2.24) is 0 Å². The average Bonchev–Trinajstić information content (AvgIpc) is 1.25. The summed E-state index contributed by atoms with van der Waals surface area (Å²) in [4.78, 5) is 0. The average molecular weight is 532 g/mol. The van der Waals surface area contributed by atoms with E-state index in [1.54, 1.807) is 0 Å². The minimum Gasteiger partial charge on any atom is -0.879 e. The van der Waals surface area contributed by atoms with Gasteiger partial charge in [-0.25, -0.2) is 0 Å². The van der Waals surface area contributed by atoms with E-state index in [2.05, 4.69) is 0 Å². The van der Waals surface area contributed by atoms with Crippen LogP contribution in [0.2, 0.25) is 0 Å². The summed E-state index contributed by atoms with van der Waals surface area (Å²) >= 11 is 0. The fourth-order valence-corrected chi connectivity index (χ4v) is 0. The first-order chi connectivity index (χ1) is 3.25. The first-order valence-corrected chi connectivity index (χ1v) is 1.47. The Hall–Kier alpha value is 4.47. The van der Waals surface area contributed by atoms with E-state index in [-0.39, 0.29) is 147 Å². The Labute approximate surface area is 184 Å². The van der Waals surface area contributed by atoms with Gasteiger partial charge in [-0.15, -0.1) is 0 Å². The van der Waals surface area contributed by atoms with E-state index in [0.29, 0.717) is 0 Å². The van der Waals surface area contributed by atoms with E-state index in [4.69, 9.17) is 30.6 Å². The summed E-state index contributed by atoms with van der Waals surface area (Å²) in [6.45, 7) is 0. The molecular weight excluding hydrogens is 532 g/mol. The number of hydrogen-bond donors (Lipinski definition) is 0. The topological polar surface area (TPSA) is 138 Å². The van der Waals surface area contributed by atoms with Gasteiger partial charge in [-0.2, -0.15) is 0 Å². The van der Waals surface area contributed by atoms with Gasteiger partial charge in [0.2, 0.25) is 0 Å². The maximum atomic E-state index is 9.08. The summed E-state index contributed by atoms with van der Waals surface area (Å²) in [5.74, 6) is -9.96. The third-order valence-corrected chi connectivity index (χ3v) is 0.375. The molecule has 0 saturated heterocycles. The SMILES string of the molecule is [Ba+2].[Ba+2].[Ba+2].[O-]C([O-])([O-])C([O-])([O-])[O-]. The summed E-state index contributed by atoms with van der Waals surface area (Å²) in [6.07, 6.45) is 0. The van der Waals surface area contributed by atoms with Crippen LogP contribution >= 0.6 is 0 Å². The molecular formula is C2Ba3O6. The molecule has 0 aromatic heterocycles. The van der Waals surface area contributed by atoms with Gasteiger partial charge in [0.05, 0.1) is 0 Å². The molecule has 0 unspecified atom stereocenters. The first kappa shape index (κ1) is 24.6. The van der Waals surface area contributed by atoms with Crippen LogP contribution in [0.5, 0.6) is 0 Å². The van der Waals surface area contributed by atoms with Crippen LogP contribution in [-0.4, -0.2) is 159 Å². The Kier molecular flexibility index (Phi) is 21.7. The Morgan fingerprint density at radius 1 is 0.455 bits per heavy atom. The standard InChI is InChI=1S/C2O6.3Ba/c3-1(4,5)2(6,7)8;;;/q-6;3*+2. The third-order valence-electron chi connectivity index (χ3n) is 0.375. The maximum Gasteiger partial charge on any atom is 2.00 e. The molecule has 0 atom stereocenters. The van der Waals surface area contributed by atoms with E-state index in [0.717, 1.165) is 0 Å². The van der Waals surface area contributed by atoms with Crippen molar-refractivity contribution >= 4 is 147 Å².